The third-order valence-corrected chi connectivity index (χ3v) is 2.77. The van der Waals surface area contributed by atoms with Crippen LogP contribution in [0.1, 0.15) is 12.5 Å². The molecule has 0 radical (unpaired) electrons. The van der Waals surface area contributed by atoms with Crippen LogP contribution in [0.3, 0.4) is 0 Å². The van der Waals surface area contributed by atoms with Crippen LogP contribution >= 0.6 is 0 Å². The van der Waals surface area contributed by atoms with E-state index in [9.17, 15) is 0 Å². The van der Waals surface area contributed by atoms with Crippen molar-refractivity contribution in [2.45, 2.75) is 13.3 Å². The number of ether oxygens (including phenoxy) is 2. The number of rotatable bonds is 6. The molecule has 0 spiro atoms. The molecular formula is C16H19NO2. The summed E-state index contributed by atoms with van der Waals surface area (Å²) in [4.78, 5) is 0. The van der Waals surface area contributed by atoms with Crippen molar-refractivity contribution in [2.24, 2.45) is 0 Å². The molecule has 2 aromatic rings. The summed E-state index contributed by atoms with van der Waals surface area (Å²) < 4.78 is 11.3. The lowest BCUT2D eigenvalue weighted by Gasteiger charge is -2.11. The smallest absolute Gasteiger partial charge is 0.122 e. The maximum Gasteiger partial charge on any atom is 0.122 e. The van der Waals surface area contributed by atoms with Gasteiger partial charge in [-0.1, -0.05) is 24.3 Å². The monoisotopic (exact) mass is 257 g/mol. The van der Waals surface area contributed by atoms with Gasteiger partial charge in [0.1, 0.15) is 11.5 Å². The number of hydrogen-bond donors (Lipinski definition) is 1. The van der Waals surface area contributed by atoms with Gasteiger partial charge in [-0.3, -0.25) is 0 Å². The molecule has 3 nitrogen and oxygen atoms in total. The Balaban J connectivity index is 1.92. The average molecular weight is 257 g/mol. The van der Waals surface area contributed by atoms with Gasteiger partial charge in [0.2, 0.25) is 0 Å². The van der Waals surface area contributed by atoms with Gasteiger partial charge in [-0.2, -0.15) is 0 Å². The van der Waals surface area contributed by atoms with Gasteiger partial charge in [-0.15, -0.1) is 0 Å². The molecule has 0 fully saturated rings. The van der Waals surface area contributed by atoms with Gasteiger partial charge in [-0.25, -0.2) is 0 Å². The van der Waals surface area contributed by atoms with Crippen molar-refractivity contribution in [3.05, 3.63) is 54.1 Å². The van der Waals surface area contributed by atoms with Crippen LogP contribution in [0, 0.1) is 0 Å². The Bertz CT molecular complexity index is 526. The molecule has 0 bridgehead atoms. The van der Waals surface area contributed by atoms with Crippen molar-refractivity contribution in [3.63, 3.8) is 0 Å². The third-order valence-electron chi connectivity index (χ3n) is 2.77. The van der Waals surface area contributed by atoms with E-state index in [1.165, 1.54) is 0 Å². The molecule has 0 heterocycles. The molecule has 0 aromatic heterocycles. The first-order chi connectivity index (χ1) is 9.29. The standard InChI is InChI=1S/C16H19NO2/c1-2-18-16-9-4-3-6-13(16)10-11-19-15-8-5-7-14(17)12-15/h3-9,12H,2,10-11,17H2,1H3. The first-order valence-electron chi connectivity index (χ1n) is 6.48. The molecule has 2 N–H and O–H groups in total. The Kier molecular flexibility index (Phi) is 4.67. The Labute approximate surface area is 114 Å². The van der Waals surface area contributed by atoms with Gasteiger partial charge in [0.05, 0.1) is 13.2 Å². The summed E-state index contributed by atoms with van der Waals surface area (Å²) in [6.07, 6.45) is 0.810. The lowest BCUT2D eigenvalue weighted by Crippen LogP contribution is -2.04. The highest BCUT2D eigenvalue weighted by Gasteiger charge is 2.02. The third kappa shape index (κ3) is 3.91. The zero-order valence-electron chi connectivity index (χ0n) is 11.1. The van der Waals surface area contributed by atoms with Gasteiger partial charge >= 0.3 is 0 Å². The summed E-state index contributed by atoms with van der Waals surface area (Å²) in [5, 5.41) is 0. The highest BCUT2D eigenvalue weighted by Crippen LogP contribution is 2.19. The van der Waals surface area contributed by atoms with E-state index in [1.54, 1.807) is 0 Å². The number of benzene rings is 2. The molecule has 0 saturated heterocycles. The molecule has 0 amide bonds. The molecule has 0 aliphatic heterocycles. The Morgan fingerprint density at radius 2 is 1.84 bits per heavy atom. The second-order valence-electron chi connectivity index (χ2n) is 4.21. The lowest BCUT2D eigenvalue weighted by molar-refractivity contribution is 0.310. The van der Waals surface area contributed by atoms with Crippen molar-refractivity contribution in [1.29, 1.82) is 0 Å². The molecule has 0 unspecified atom stereocenters. The van der Waals surface area contributed by atoms with E-state index in [0.717, 1.165) is 23.5 Å². The topological polar surface area (TPSA) is 44.5 Å². The fourth-order valence-corrected chi connectivity index (χ4v) is 1.89. The Morgan fingerprint density at radius 3 is 2.63 bits per heavy atom. The quantitative estimate of drug-likeness (QED) is 0.808. The molecule has 0 aliphatic rings. The van der Waals surface area contributed by atoms with E-state index < -0.39 is 0 Å². The van der Waals surface area contributed by atoms with Crippen molar-refractivity contribution in [2.75, 3.05) is 18.9 Å². The van der Waals surface area contributed by atoms with E-state index in [0.29, 0.717) is 18.9 Å². The Hall–Kier alpha value is -2.16. The molecule has 0 aliphatic carbocycles. The first kappa shape index (κ1) is 13.3. The molecule has 19 heavy (non-hydrogen) atoms. The van der Waals surface area contributed by atoms with Gasteiger partial charge in [0.15, 0.2) is 0 Å². The minimum Gasteiger partial charge on any atom is -0.494 e. The predicted octanol–water partition coefficient (Wildman–Crippen LogP) is 3.29. The maximum atomic E-state index is 5.71. The lowest BCUT2D eigenvalue weighted by atomic mass is 10.1. The van der Waals surface area contributed by atoms with Crippen molar-refractivity contribution >= 4 is 5.69 Å². The molecule has 2 aromatic carbocycles. The maximum absolute atomic E-state index is 5.71. The number of anilines is 1. The molecule has 0 saturated carbocycles. The molecule has 100 valence electrons. The Morgan fingerprint density at radius 1 is 1.00 bits per heavy atom. The van der Waals surface area contributed by atoms with E-state index in [2.05, 4.69) is 6.07 Å². The van der Waals surface area contributed by atoms with Crippen LogP contribution in [0.4, 0.5) is 5.69 Å². The fraction of sp³-hybridized carbons (Fsp3) is 0.250. The summed E-state index contributed by atoms with van der Waals surface area (Å²) >= 11 is 0. The van der Waals surface area contributed by atoms with Crippen molar-refractivity contribution in [1.82, 2.24) is 0 Å². The summed E-state index contributed by atoms with van der Waals surface area (Å²) in [7, 11) is 0. The molecule has 0 atom stereocenters. The van der Waals surface area contributed by atoms with Gasteiger partial charge in [-0.05, 0) is 30.7 Å². The fourth-order valence-electron chi connectivity index (χ4n) is 1.89. The highest BCUT2D eigenvalue weighted by molar-refractivity contribution is 5.43. The minimum absolute atomic E-state index is 0.605. The summed E-state index contributed by atoms with van der Waals surface area (Å²) in [5.41, 5.74) is 7.58. The second-order valence-corrected chi connectivity index (χ2v) is 4.21. The SMILES string of the molecule is CCOc1ccccc1CCOc1cccc(N)c1. The van der Waals surface area contributed by atoms with Crippen LogP contribution in [0.2, 0.25) is 0 Å². The molecular weight excluding hydrogens is 238 g/mol. The zero-order chi connectivity index (χ0) is 13.5. The van der Waals surface area contributed by atoms with Crippen LogP contribution in [-0.2, 0) is 6.42 Å². The molecule has 2 rings (SSSR count). The van der Waals surface area contributed by atoms with E-state index in [-0.39, 0.29) is 0 Å². The van der Waals surface area contributed by atoms with Crippen molar-refractivity contribution < 1.29 is 9.47 Å². The first-order valence-corrected chi connectivity index (χ1v) is 6.48. The number of nitrogen functional groups attached to an aromatic ring is 1. The summed E-state index contributed by atoms with van der Waals surface area (Å²) in [5.74, 6) is 1.73. The summed E-state index contributed by atoms with van der Waals surface area (Å²) in [6, 6.07) is 15.5. The minimum atomic E-state index is 0.605. The number of para-hydroxylation sites is 1. The normalized spacial score (nSPS) is 10.2. The predicted molar refractivity (Wildman–Crippen MR) is 77.7 cm³/mol. The zero-order valence-corrected chi connectivity index (χ0v) is 11.1. The highest BCUT2D eigenvalue weighted by atomic mass is 16.5. The van der Waals surface area contributed by atoms with Crippen LogP contribution in [0.5, 0.6) is 11.5 Å². The largest absolute Gasteiger partial charge is 0.494 e. The van der Waals surface area contributed by atoms with Gasteiger partial charge in [0.25, 0.3) is 0 Å². The van der Waals surface area contributed by atoms with Crippen LogP contribution in [0.25, 0.3) is 0 Å². The van der Waals surface area contributed by atoms with Gasteiger partial charge in [0, 0.05) is 18.2 Å². The van der Waals surface area contributed by atoms with Gasteiger partial charge < -0.3 is 15.2 Å². The van der Waals surface area contributed by atoms with Crippen LogP contribution in [0.15, 0.2) is 48.5 Å². The van der Waals surface area contributed by atoms with Crippen LogP contribution < -0.4 is 15.2 Å². The van der Waals surface area contributed by atoms with E-state index in [4.69, 9.17) is 15.2 Å². The molecule has 3 heteroatoms. The average Bonchev–Trinajstić information content (AvgIpc) is 2.41. The number of nitrogens with two attached hydrogens (primary N) is 1. The number of hydrogen-bond acceptors (Lipinski definition) is 3. The van der Waals surface area contributed by atoms with Crippen LogP contribution in [-0.4, -0.2) is 13.2 Å². The van der Waals surface area contributed by atoms with E-state index >= 15 is 0 Å². The second kappa shape index (κ2) is 6.69. The van der Waals surface area contributed by atoms with Crippen molar-refractivity contribution in [3.8, 4) is 11.5 Å². The van der Waals surface area contributed by atoms with E-state index in [1.807, 2.05) is 49.4 Å². The summed E-state index contributed by atoms with van der Waals surface area (Å²) in [6.45, 7) is 3.26.